The number of hydrogen-bond donors (Lipinski definition) is 3. The molecule has 0 aliphatic rings. The lowest BCUT2D eigenvalue weighted by Crippen LogP contribution is -2.42. The maximum absolute atomic E-state index is 13.1. The normalized spacial score (nSPS) is 12.5. The van der Waals surface area contributed by atoms with Crippen molar-refractivity contribution in [1.29, 1.82) is 0 Å². The molecule has 0 heterocycles. The molecular weight excluding hydrogens is 427 g/mol. The van der Waals surface area contributed by atoms with E-state index >= 15 is 0 Å². The Bertz CT molecular complexity index is 949. The van der Waals surface area contributed by atoms with Gasteiger partial charge in [-0.2, -0.15) is 0 Å². The molecule has 2 rings (SSSR count). The summed E-state index contributed by atoms with van der Waals surface area (Å²) < 4.78 is 18.2. The molecule has 0 saturated carbocycles. The summed E-state index contributed by atoms with van der Waals surface area (Å²) in [5, 5.41) is 10.9. The Morgan fingerprint density at radius 1 is 1.06 bits per heavy atom. The van der Waals surface area contributed by atoms with Crippen LogP contribution >= 0.6 is 11.8 Å². The van der Waals surface area contributed by atoms with E-state index in [1.165, 1.54) is 30.5 Å². The number of alkyl carbamates (subject to hydrolysis) is 1. The predicted molar refractivity (Wildman–Crippen MR) is 112 cm³/mol. The van der Waals surface area contributed by atoms with E-state index in [4.69, 9.17) is 15.6 Å². The number of nitrogens with one attached hydrogen (secondary N) is 1. The summed E-state index contributed by atoms with van der Waals surface area (Å²) in [6.45, 7) is -0.160. The Kier molecular flexibility index (Phi) is 8.56. The number of nitrogens with two attached hydrogens (primary N) is 1. The molecule has 2 atom stereocenters. The van der Waals surface area contributed by atoms with Crippen LogP contribution in [0.25, 0.3) is 0 Å². The molecule has 2 amide bonds. The second-order valence-corrected chi connectivity index (χ2v) is 7.38. The number of amides is 2. The molecule has 31 heavy (non-hydrogen) atoms. The average molecular weight is 448 g/mol. The third-order valence-electron chi connectivity index (χ3n) is 4.36. The van der Waals surface area contributed by atoms with Crippen LogP contribution in [-0.2, 0) is 25.7 Å². The summed E-state index contributed by atoms with van der Waals surface area (Å²) in [6.07, 6.45) is 0.173. The first-order valence-corrected chi connectivity index (χ1v) is 10.3. The van der Waals surface area contributed by atoms with E-state index in [2.05, 4.69) is 5.32 Å². The van der Waals surface area contributed by atoms with E-state index in [9.17, 15) is 23.6 Å². The zero-order valence-electron chi connectivity index (χ0n) is 16.5. The minimum absolute atomic E-state index is 0.160. The van der Waals surface area contributed by atoms with Crippen LogP contribution in [0.4, 0.5) is 9.18 Å². The third kappa shape index (κ3) is 7.10. The highest BCUT2D eigenvalue weighted by molar-refractivity contribution is 8.13. The predicted octanol–water partition coefficient (Wildman–Crippen LogP) is 2.40. The highest BCUT2D eigenvalue weighted by Crippen LogP contribution is 2.25. The highest BCUT2D eigenvalue weighted by atomic mass is 32.2. The van der Waals surface area contributed by atoms with Crippen molar-refractivity contribution in [3.8, 4) is 0 Å². The summed E-state index contributed by atoms with van der Waals surface area (Å²) in [7, 11) is 0. The Labute approximate surface area is 182 Å². The number of primary amides is 1. The van der Waals surface area contributed by atoms with E-state index in [0.717, 1.165) is 11.8 Å². The lowest BCUT2D eigenvalue weighted by molar-refractivity contribution is -0.140. The monoisotopic (exact) mass is 448 g/mol. The first kappa shape index (κ1) is 23.9. The van der Waals surface area contributed by atoms with Gasteiger partial charge in [-0.25, -0.2) is 14.0 Å². The number of ether oxygens (including phenoxy) is 1. The Morgan fingerprint density at radius 3 is 2.10 bits per heavy atom. The molecule has 0 bridgehead atoms. The topological polar surface area (TPSA) is 136 Å². The highest BCUT2D eigenvalue weighted by Gasteiger charge is 2.24. The van der Waals surface area contributed by atoms with Gasteiger partial charge in [0, 0.05) is 6.42 Å². The molecule has 1 unspecified atom stereocenters. The SMILES string of the molecule is CSC(=O)C[C@H](NC(=O)OCc1ccc(C(C(N)=O)c2ccc(F)cc2)cc1)C(=O)O. The standard InChI is InChI=1S/C21H21FN2O6S/c1-31-17(25)10-16(20(27)28)24-21(29)30-11-12-2-4-13(5-3-12)18(19(23)26)14-6-8-15(22)9-7-14/h2-9,16,18H,10-11H2,1H3,(H2,23,26)(H,24,29)(H,27,28)/t16-,18?/m0/s1. The molecule has 4 N–H and O–H groups in total. The fraction of sp³-hybridized carbons (Fsp3) is 0.238. The average Bonchev–Trinajstić information content (AvgIpc) is 2.73. The number of carboxylic acid groups (broad SMARTS) is 1. The van der Waals surface area contributed by atoms with Crippen molar-refractivity contribution in [3.05, 3.63) is 71.0 Å². The van der Waals surface area contributed by atoms with Crippen molar-refractivity contribution < 1.29 is 33.4 Å². The summed E-state index contributed by atoms with van der Waals surface area (Å²) in [5.74, 6) is -3.15. The third-order valence-corrected chi connectivity index (χ3v) is 4.98. The van der Waals surface area contributed by atoms with Gasteiger partial charge >= 0.3 is 12.1 Å². The largest absolute Gasteiger partial charge is 0.480 e. The van der Waals surface area contributed by atoms with Gasteiger partial charge in [0.05, 0.1) is 5.92 Å². The molecule has 0 aliphatic carbocycles. The second kappa shape index (κ2) is 11.1. The number of thioether (sulfide) groups is 1. The van der Waals surface area contributed by atoms with Crippen LogP contribution < -0.4 is 11.1 Å². The number of aliphatic carboxylic acids is 1. The summed E-state index contributed by atoms with van der Waals surface area (Å²) in [6, 6.07) is 10.6. The molecular formula is C21H21FN2O6S. The summed E-state index contributed by atoms with van der Waals surface area (Å²) >= 11 is 0.867. The number of halogens is 1. The van der Waals surface area contributed by atoms with E-state index in [0.29, 0.717) is 16.7 Å². The Balaban J connectivity index is 2.00. The lowest BCUT2D eigenvalue weighted by Gasteiger charge is -2.15. The van der Waals surface area contributed by atoms with E-state index in [1.807, 2.05) is 0 Å². The molecule has 2 aromatic rings. The van der Waals surface area contributed by atoms with Crippen LogP contribution in [0.15, 0.2) is 48.5 Å². The summed E-state index contributed by atoms with van der Waals surface area (Å²) in [5.41, 5.74) is 7.20. The van der Waals surface area contributed by atoms with Crippen molar-refractivity contribution in [2.24, 2.45) is 5.73 Å². The number of rotatable bonds is 9. The van der Waals surface area contributed by atoms with E-state index < -0.39 is 35.7 Å². The number of carbonyl (C=O) groups is 4. The first-order chi connectivity index (χ1) is 14.7. The van der Waals surface area contributed by atoms with Crippen molar-refractivity contribution in [1.82, 2.24) is 5.32 Å². The number of hydrogen-bond acceptors (Lipinski definition) is 6. The second-order valence-electron chi connectivity index (χ2n) is 6.52. The van der Waals surface area contributed by atoms with Crippen molar-refractivity contribution >= 4 is 34.8 Å². The minimum Gasteiger partial charge on any atom is -0.480 e. The molecule has 164 valence electrons. The van der Waals surface area contributed by atoms with Crippen molar-refractivity contribution in [2.75, 3.05) is 6.26 Å². The van der Waals surface area contributed by atoms with Crippen molar-refractivity contribution in [3.63, 3.8) is 0 Å². The molecule has 0 radical (unpaired) electrons. The number of benzene rings is 2. The van der Waals surface area contributed by atoms with Crippen LogP contribution in [-0.4, -0.2) is 40.5 Å². The van der Waals surface area contributed by atoms with Gasteiger partial charge in [-0.3, -0.25) is 9.59 Å². The molecule has 0 fully saturated rings. The van der Waals surface area contributed by atoms with Gasteiger partial charge in [0.25, 0.3) is 0 Å². The van der Waals surface area contributed by atoms with Crippen LogP contribution in [0.5, 0.6) is 0 Å². The van der Waals surface area contributed by atoms with Gasteiger partial charge in [-0.1, -0.05) is 48.2 Å². The number of carboxylic acids is 1. The zero-order valence-corrected chi connectivity index (χ0v) is 17.4. The van der Waals surface area contributed by atoms with Crippen LogP contribution in [0.1, 0.15) is 29.0 Å². The van der Waals surface area contributed by atoms with Gasteiger partial charge in [-0.15, -0.1) is 0 Å². The summed E-state index contributed by atoms with van der Waals surface area (Å²) in [4.78, 5) is 46.3. The van der Waals surface area contributed by atoms with Gasteiger partial charge in [0.1, 0.15) is 18.5 Å². The fourth-order valence-electron chi connectivity index (χ4n) is 2.77. The van der Waals surface area contributed by atoms with Crippen LogP contribution in [0.3, 0.4) is 0 Å². The maximum atomic E-state index is 13.1. The quantitative estimate of drug-likeness (QED) is 0.536. The number of carbonyl (C=O) groups excluding carboxylic acids is 3. The molecule has 8 nitrogen and oxygen atoms in total. The van der Waals surface area contributed by atoms with Crippen LogP contribution in [0, 0.1) is 5.82 Å². The van der Waals surface area contributed by atoms with Gasteiger partial charge < -0.3 is 20.9 Å². The fourth-order valence-corrected chi connectivity index (χ4v) is 3.10. The van der Waals surface area contributed by atoms with Gasteiger partial charge in [-0.05, 0) is 35.1 Å². The molecule has 2 aromatic carbocycles. The Hall–Kier alpha value is -3.40. The molecule has 0 aliphatic heterocycles. The van der Waals surface area contributed by atoms with E-state index in [-0.39, 0.29) is 18.1 Å². The van der Waals surface area contributed by atoms with E-state index in [1.54, 1.807) is 24.3 Å². The van der Waals surface area contributed by atoms with Gasteiger partial charge in [0.2, 0.25) is 5.91 Å². The Morgan fingerprint density at radius 2 is 1.61 bits per heavy atom. The minimum atomic E-state index is -1.39. The molecule has 0 aromatic heterocycles. The van der Waals surface area contributed by atoms with Crippen molar-refractivity contribution in [2.45, 2.75) is 25.0 Å². The maximum Gasteiger partial charge on any atom is 0.408 e. The van der Waals surface area contributed by atoms with Gasteiger partial charge in [0.15, 0.2) is 5.12 Å². The zero-order chi connectivity index (χ0) is 23.0. The smallest absolute Gasteiger partial charge is 0.408 e. The molecule has 0 spiro atoms. The molecule has 10 heteroatoms. The first-order valence-electron chi connectivity index (χ1n) is 9.07. The lowest BCUT2D eigenvalue weighted by atomic mass is 9.90. The molecule has 0 saturated heterocycles. The van der Waals surface area contributed by atoms with Crippen LogP contribution in [0.2, 0.25) is 0 Å².